The average Bonchev–Trinajstić information content (AvgIpc) is 2.86. The van der Waals surface area contributed by atoms with Gasteiger partial charge in [-0.05, 0) is 25.8 Å². The van der Waals surface area contributed by atoms with Gasteiger partial charge in [0.1, 0.15) is 17.1 Å². The molecule has 0 atom stereocenters. The molecule has 5 heteroatoms. The van der Waals surface area contributed by atoms with Crippen molar-refractivity contribution in [3.05, 3.63) is 28.0 Å². The highest BCUT2D eigenvalue weighted by atomic mass is 35.5. The van der Waals surface area contributed by atoms with Crippen molar-refractivity contribution in [2.75, 3.05) is 7.11 Å². The molecule has 0 heterocycles. The molecule has 0 amide bonds. The largest absolute Gasteiger partial charge is 0.496 e. The fourth-order valence-corrected chi connectivity index (χ4v) is 3.08. The van der Waals surface area contributed by atoms with Crippen LogP contribution in [0, 0.1) is 12.7 Å². The lowest BCUT2D eigenvalue weighted by atomic mass is 9.87. The summed E-state index contributed by atoms with van der Waals surface area (Å²) in [5, 5.41) is 0.0284. The van der Waals surface area contributed by atoms with Crippen molar-refractivity contribution in [3.8, 4) is 5.75 Å². The van der Waals surface area contributed by atoms with Crippen LogP contribution in [0.1, 0.15) is 36.8 Å². The predicted octanol–water partition coefficient (Wildman–Crippen LogP) is 3.90. The van der Waals surface area contributed by atoms with Gasteiger partial charge in [-0.15, -0.1) is 0 Å². The number of isocyanates is 1. The highest BCUT2D eigenvalue weighted by molar-refractivity contribution is 6.31. The number of aliphatic imine (C=N–C) groups is 1. The second-order valence-corrected chi connectivity index (χ2v) is 5.23. The molecule has 1 aromatic rings. The number of hydrogen-bond acceptors (Lipinski definition) is 3. The molecule has 0 spiro atoms. The van der Waals surface area contributed by atoms with Crippen LogP contribution in [0.15, 0.2) is 11.1 Å². The molecular weight excluding hydrogens is 269 g/mol. The first kappa shape index (κ1) is 14.0. The van der Waals surface area contributed by atoms with Gasteiger partial charge in [0.15, 0.2) is 0 Å². The number of halogens is 2. The van der Waals surface area contributed by atoms with Crippen LogP contribution in [0.3, 0.4) is 0 Å². The molecule has 1 saturated carbocycles. The number of hydrogen-bond donors (Lipinski definition) is 0. The summed E-state index contributed by atoms with van der Waals surface area (Å²) < 4.78 is 19.1. The Morgan fingerprint density at radius 2 is 2.11 bits per heavy atom. The fraction of sp³-hybridized carbons (Fsp3) is 0.500. The van der Waals surface area contributed by atoms with Crippen molar-refractivity contribution < 1.29 is 13.9 Å². The van der Waals surface area contributed by atoms with Gasteiger partial charge in [-0.1, -0.05) is 24.4 Å². The standard InChI is InChI=1S/C14H15ClFNO2/c1-9-12(16)11(15)7-10(13(9)19-2)14(17-8-18)5-3-4-6-14/h7H,3-6H2,1-2H3. The maximum Gasteiger partial charge on any atom is 0.235 e. The van der Waals surface area contributed by atoms with E-state index in [4.69, 9.17) is 16.3 Å². The molecule has 0 saturated heterocycles. The molecule has 0 unspecified atom stereocenters. The normalized spacial score (nSPS) is 17.1. The van der Waals surface area contributed by atoms with Crippen molar-refractivity contribution in [2.45, 2.75) is 38.1 Å². The molecular formula is C14H15ClFNO2. The smallest absolute Gasteiger partial charge is 0.235 e. The van der Waals surface area contributed by atoms with Gasteiger partial charge in [0.05, 0.1) is 12.1 Å². The topological polar surface area (TPSA) is 38.7 Å². The van der Waals surface area contributed by atoms with E-state index >= 15 is 0 Å². The SMILES string of the molecule is COc1c(C2(N=C=O)CCCC2)cc(Cl)c(F)c1C. The van der Waals surface area contributed by atoms with Crippen molar-refractivity contribution in [3.63, 3.8) is 0 Å². The van der Waals surface area contributed by atoms with E-state index < -0.39 is 11.4 Å². The molecule has 1 fully saturated rings. The monoisotopic (exact) mass is 283 g/mol. The number of ether oxygens (including phenoxy) is 1. The average molecular weight is 284 g/mol. The van der Waals surface area contributed by atoms with Crippen LogP contribution in [0.4, 0.5) is 4.39 Å². The van der Waals surface area contributed by atoms with Crippen LogP contribution in [-0.2, 0) is 10.3 Å². The lowest BCUT2D eigenvalue weighted by Gasteiger charge is -2.26. The molecule has 0 radical (unpaired) electrons. The zero-order valence-electron chi connectivity index (χ0n) is 10.9. The zero-order valence-corrected chi connectivity index (χ0v) is 11.7. The molecule has 102 valence electrons. The molecule has 0 aliphatic heterocycles. The van der Waals surface area contributed by atoms with Crippen molar-refractivity contribution in [1.29, 1.82) is 0 Å². The van der Waals surface area contributed by atoms with E-state index in [0.717, 1.165) is 25.7 Å². The fourth-order valence-electron chi connectivity index (χ4n) is 2.83. The van der Waals surface area contributed by atoms with Gasteiger partial charge in [0.2, 0.25) is 6.08 Å². The summed E-state index contributed by atoms with van der Waals surface area (Å²) in [6.07, 6.45) is 5.00. The summed E-state index contributed by atoms with van der Waals surface area (Å²) in [7, 11) is 1.48. The number of rotatable bonds is 3. The van der Waals surface area contributed by atoms with Gasteiger partial charge in [-0.2, -0.15) is 4.99 Å². The summed E-state index contributed by atoms with van der Waals surface area (Å²) in [5.74, 6) is -0.0757. The second-order valence-electron chi connectivity index (χ2n) is 4.82. The van der Waals surface area contributed by atoms with E-state index in [1.165, 1.54) is 13.2 Å². The zero-order chi connectivity index (χ0) is 14.0. The van der Waals surface area contributed by atoms with Gasteiger partial charge >= 0.3 is 0 Å². The maximum atomic E-state index is 13.8. The Balaban J connectivity index is 2.70. The maximum absolute atomic E-state index is 13.8. The highest BCUT2D eigenvalue weighted by Crippen LogP contribution is 2.48. The molecule has 1 aromatic carbocycles. The van der Waals surface area contributed by atoms with Gasteiger partial charge < -0.3 is 4.74 Å². The number of benzene rings is 1. The summed E-state index contributed by atoms with van der Waals surface area (Å²) in [4.78, 5) is 14.7. The molecule has 1 aliphatic carbocycles. The molecule has 0 N–H and O–H groups in total. The molecule has 19 heavy (non-hydrogen) atoms. The van der Waals surface area contributed by atoms with E-state index in [-0.39, 0.29) is 5.02 Å². The summed E-state index contributed by atoms with van der Waals surface area (Å²) in [5.41, 5.74) is 0.354. The predicted molar refractivity (Wildman–Crippen MR) is 71.0 cm³/mol. The van der Waals surface area contributed by atoms with Crippen LogP contribution >= 0.6 is 11.6 Å². The minimum Gasteiger partial charge on any atom is -0.496 e. The van der Waals surface area contributed by atoms with Crippen LogP contribution in [-0.4, -0.2) is 13.2 Å². The first-order valence-corrected chi connectivity index (χ1v) is 6.55. The minimum absolute atomic E-state index is 0.0284. The summed E-state index contributed by atoms with van der Waals surface area (Å²) >= 11 is 5.92. The Labute approximate surface area is 116 Å². The number of nitrogens with zero attached hydrogens (tertiary/aromatic N) is 1. The molecule has 2 rings (SSSR count). The van der Waals surface area contributed by atoms with Gasteiger partial charge in [0, 0.05) is 11.1 Å². The molecule has 0 aromatic heterocycles. The van der Waals surface area contributed by atoms with Crippen LogP contribution in [0.25, 0.3) is 0 Å². The Kier molecular flexibility index (Phi) is 3.93. The Morgan fingerprint density at radius 1 is 1.47 bits per heavy atom. The van der Waals surface area contributed by atoms with Gasteiger partial charge in [0.25, 0.3) is 0 Å². The first-order chi connectivity index (χ1) is 9.05. The first-order valence-electron chi connectivity index (χ1n) is 6.18. The minimum atomic E-state index is -0.671. The Morgan fingerprint density at radius 3 is 2.63 bits per heavy atom. The van der Waals surface area contributed by atoms with Crippen molar-refractivity contribution in [1.82, 2.24) is 0 Å². The molecule has 3 nitrogen and oxygen atoms in total. The van der Waals surface area contributed by atoms with E-state index in [1.807, 2.05) is 0 Å². The summed E-state index contributed by atoms with van der Waals surface area (Å²) in [6.45, 7) is 1.61. The third kappa shape index (κ3) is 2.26. The summed E-state index contributed by atoms with van der Waals surface area (Å²) in [6, 6.07) is 1.52. The lowest BCUT2D eigenvalue weighted by Crippen LogP contribution is -2.21. The van der Waals surface area contributed by atoms with E-state index in [1.54, 1.807) is 13.0 Å². The lowest BCUT2D eigenvalue weighted by molar-refractivity contribution is 0.373. The number of methoxy groups -OCH3 is 1. The quantitative estimate of drug-likeness (QED) is 0.623. The van der Waals surface area contributed by atoms with Gasteiger partial charge in [-0.3, -0.25) is 0 Å². The van der Waals surface area contributed by atoms with E-state index in [2.05, 4.69) is 4.99 Å². The van der Waals surface area contributed by atoms with Crippen LogP contribution in [0.2, 0.25) is 5.02 Å². The van der Waals surface area contributed by atoms with Crippen LogP contribution < -0.4 is 4.74 Å². The molecule has 1 aliphatic rings. The van der Waals surface area contributed by atoms with Crippen molar-refractivity contribution in [2.24, 2.45) is 4.99 Å². The second kappa shape index (κ2) is 5.32. The number of carbonyl (C=O) groups excluding carboxylic acids is 1. The van der Waals surface area contributed by atoms with E-state index in [0.29, 0.717) is 16.9 Å². The van der Waals surface area contributed by atoms with Gasteiger partial charge in [-0.25, -0.2) is 9.18 Å². The van der Waals surface area contributed by atoms with E-state index in [9.17, 15) is 9.18 Å². The van der Waals surface area contributed by atoms with Crippen LogP contribution in [0.5, 0.6) is 5.75 Å². The highest BCUT2D eigenvalue weighted by Gasteiger charge is 2.39. The Bertz CT molecular complexity index is 547. The van der Waals surface area contributed by atoms with Crippen molar-refractivity contribution >= 4 is 17.7 Å². The molecule has 0 bridgehead atoms. The Hall–Kier alpha value is -1.38. The third-order valence-electron chi connectivity index (χ3n) is 3.79. The third-order valence-corrected chi connectivity index (χ3v) is 4.07.